The van der Waals surface area contributed by atoms with Crippen LogP contribution in [0.1, 0.15) is 30.5 Å². The lowest BCUT2D eigenvalue weighted by Crippen LogP contribution is -1.98. The van der Waals surface area contributed by atoms with Gasteiger partial charge < -0.3 is 0 Å². The molecule has 0 atom stereocenters. The fourth-order valence-electron chi connectivity index (χ4n) is 2.47. The number of halogens is 2. The van der Waals surface area contributed by atoms with Crippen LogP contribution in [0.25, 0.3) is 5.69 Å². The molecule has 0 unspecified atom stereocenters. The van der Waals surface area contributed by atoms with Gasteiger partial charge in [0.1, 0.15) is 11.0 Å². The lowest BCUT2D eigenvalue weighted by Gasteiger charge is -2.04. The Kier molecular flexibility index (Phi) is 3.08. The van der Waals surface area contributed by atoms with E-state index in [1.165, 1.54) is 18.6 Å². The molecule has 2 nitrogen and oxygen atoms in total. The normalized spacial score (nSPS) is 15.2. The van der Waals surface area contributed by atoms with E-state index in [4.69, 9.17) is 11.6 Å². The summed E-state index contributed by atoms with van der Waals surface area (Å²) in [5.74, 6) is -0.269. The predicted molar refractivity (Wildman–Crippen MR) is 69.8 cm³/mol. The first-order valence-corrected chi connectivity index (χ1v) is 6.66. The Morgan fingerprint density at radius 1 is 1.17 bits per heavy atom. The number of nitrogens with zero attached hydrogens (tertiary/aromatic N) is 2. The van der Waals surface area contributed by atoms with Crippen LogP contribution in [-0.2, 0) is 12.8 Å². The van der Waals surface area contributed by atoms with Crippen molar-refractivity contribution in [1.82, 2.24) is 9.78 Å². The van der Waals surface area contributed by atoms with E-state index in [0.717, 1.165) is 36.9 Å². The maximum Gasteiger partial charge on any atom is 0.136 e. The van der Waals surface area contributed by atoms with Gasteiger partial charge in [-0.3, -0.25) is 0 Å². The molecule has 0 saturated carbocycles. The molecule has 1 aliphatic carbocycles. The third-order valence-corrected chi connectivity index (χ3v) is 3.79. The van der Waals surface area contributed by atoms with Gasteiger partial charge in [0.25, 0.3) is 0 Å². The highest BCUT2D eigenvalue weighted by Gasteiger charge is 2.19. The molecule has 1 aromatic heterocycles. The molecule has 0 spiro atoms. The van der Waals surface area contributed by atoms with Crippen LogP contribution >= 0.6 is 11.6 Å². The van der Waals surface area contributed by atoms with E-state index in [2.05, 4.69) is 5.10 Å². The number of hydrogen-bond donors (Lipinski definition) is 0. The first-order chi connectivity index (χ1) is 8.75. The van der Waals surface area contributed by atoms with E-state index in [1.807, 2.05) is 6.07 Å². The zero-order valence-corrected chi connectivity index (χ0v) is 10.8. The molecule has 94 valence electrons. The second-order valence-corrected chi connectivity index (χ2v) is 5.03. The zero-order valence-electron chi connectivity index (χ0n) is 10.00. The van der Waals surface area contributed by atoms with E-state index in [1.54, 1.807) is 10.7 Å². The highest BCUT2D eigenvalue weighted by Crippen LogP contribution is 2.29. The second-order valence-electron chi connectivity index (χ2n) is 4.67. The topological polar surface area (TPSA) is 17.8 Å². The predicted octanol–water partition coefficient (Wildman–Crippen LogP) is 3.93. The quantitative estimate of drug-likeness (QED) is 0.714. The highest BCUT2D eigenvalue weighted by molar-refractivity contribution is 6.30. The van der Waals surface area contributed by atoms with Gasteiger partial charge in [-0.15, -0.1) is 0 Å². The summed E-state index contributed by atoms with van der Waals surface area (Å²) in [7, 11) is 0. The Morgan fingerprint density at radius 3 is 2.83 bits per heavy atom. The fraction of sp³-hybridized carbons (Fsp3) is 0.357. The standard InChI is InChI=1S/C14H14ClFN2/c15-14-12-7-2-1-3-8-13(12)17-18(14)11-6-4-5-10(16)9-11/h4-6,9H,1-3,7-8H2. The monoisotopic (exact) mass is 264 g/mol. The van der Waals surface area contributed by atoms with Gasteiger partial charge in [-0.25, -0.2) is 9.07 Å². The Bertz CT molecular complexity index is 577. The zero-order chi connectivity index (χ0) is 12.5. The minimum atomic E-state index is -0.269. The molecule has 1 aromatic carbocycles. The second kappa shape index (κ2) is 4.73. The van der Waals surface area contributed by atoms with E-state index < -0.39 is 0 Å². The van der Waals surface area contributed by atoms with E-state index in [9.17, 15) is 4.39 Å². The van der Waals surface area contributed by atoms with Crippen LogP contribution in [0.5, 0.6) is 0 Å². The number of aromatic nitrogens is 2. The van der Waals surface area contributed by atoms with Crippen molar-refractivity contribution >= 4 is 11.6 Å². The fourth-order valence-corrected chi connectivity index (χ4v) is 2.81. The maximum absolute atomic E-state index is 13.2. The Hall–Kier alpha value is -1.35. The first-order valence-electron chi connectivity index (χ1n) is 6.28. The molecule has 0 amide bonds. The molecule has 0 N–H and O–H groups in total. The minimum absolute atomic E-state index is 0.269. The van der Waals surface area contributed by atoms with Crippen molar-refractivity contribution in [3.05, 3.63) is 46.5 Å². The molecule has 0 bridgehead atoms. The summed E-state index contributed by atoms with van der Waals surface area (Å²) in [6.07, 6.45) is 5.48. The van der Waals surface area contributed by atoms with Crippen molar-refractivity contribution in [3.63, 3.8) is 0 Å². The molecule has 0 saturated heterocycles. The molecular weight excluding hydrogens is 251 g/mol. The maximum atomic E-state index is 13.2. The number of aryl methyl sites for hydroxylation is 1. The Morgan fingerprint density at radius 2 is 2.00 bits per heavy atom. The lowest BCUT2D eigenvalue weighted by atomic mass is 10.1. The van der Waals surface area contributed by atoms with Crippen LogP contribution in [0.4, 0.5) is 4.39 Å². The van der Waals surface area contributed by atoms with Crippen molar-refractivity contribution in [2.45, 2.75) is 32.1 Å². The molecule has 18 heavy (non-hydrogen) atoms. The molecule has 2 aromatic rings. The van der Waals surface area contributed by atoms with Crippen molar-refractivity contribution < 1.29 is 4.39 Å². The van der Waals surface area contributed by atoms with E-state index in [0.29, 0.717) is 10.8 Å². The summed E-state index contributed by atoms with van der Waals surface area (Å²) in [5, 5.41) is 5.18. The van der Waals surface area contributed by atoms with Crippen LogP contribution in [0.15, 0.2) is 24.3 Å². The van der Waals surface area contributed by atoms with Gasteiger partial charge in [-0.05, 0) is 43.9 Å². The van der Waals surface area contributed by atoms with Crippen LogP contribution in [0, 0.1) is 5.82 Å². The third-order valence-electron chi connectivity index (χ3n) is 3.40. The lowest BCUT2D eigenvalue weighted by molar-refractivity contribution is 0.625. The summed E-state index contributed by atoms with van der Waals surface area (Å²) in [6, 6.07) is 6.37. The largest absolute Gasteiger partial charge is 0.222 e. The van der Waals surface area contributed by atoms with Gasteiger partial charge in [0.05, 0.1) is 11.4 Å². The molecule has 0 aliphatic heterocycles. The van der Waals surface area contributed by atoms with Crippen molar-refractivity contribution in [2.24, 2.45) is 0 Å². The van der Waals surface area contributed by atoms with Gasteiger partial charge in [-0.1, -0.05) is 24.1 Å². The van der Waals surface area contributed by atoms with Crippen LogP contribution in [0.2, 0.25) is 5.15 Å². The Labute approximate surface area is 110 Å². The van der Waals surface area contributed by atoms with Gasteiger partial charge in [-0.2, -0.15) is 5.10 Å². The molecule has 0 fully saturated rings. The van der Waals surface area contributed by atoms with Crippen LogP contribution in [-0.4, -0.2) is 9.78 Å². The highest BCUT2D eigenvalue weighted by atomic mass is 35.5. The van der Waals surface area contributed by atoms with Crippen molar-refractivity contribution in [3.8, 4) is 5.69 Å². The summed E-state index contributed by atoms with van der Waals surface area (Å²) in [5.41, 5.74) is 2.90. The third kappa shape index (κ3) is 2.03. The van der Waals surface area contributed by atoms with Crippen LogP contribution < -0.4 is 0 Å². The van der Waals surface area contributed by atoms with Gasteiger partial charge in [0.15, 0.2) is 0 Å². The van der Waals surface area contributed by atoms with E-state index >= 15 is 0 Å². The number of fused-ring (bicyclic) bond motifs is 1. The molecule has 4 heteroatoms. The molecule has 1 heterocycles. The summed E-state index contributed by atoms with van der Waals surface area (Å²) >= 11 is 6.38. The smallest absolute Gasteiger partial charge is 0.136 e. The summed E-state index contributed by atoms with van der Waals surface area (Å²) < 4.78 is 14.9. The minimum Gasteiger partial charge on any atom is -0.222 e. The van der Waals surface area contributed by atoms with Gasteiger partial charge in [0.2, 0.25) is 0 Å². The van der Waals surface area contributed by atoms with Gasteiger partial charge in [0, 0.05) is 5.56 Å². The van der Waals surface area contributed by atoms with Crippen molar-refractivity contribution in [1.29, 1.82) is 0 Å². The molecule has 1 aliphatic rings. The number of hydrogen-bond acceptors (Lipinski definition) is 1. The summed E-state index contributed by atoms with van der Waals surface area (Å²) in [4.78, 5) is 0. The van der Waals surface area contributed by atoms with E-state index in [-0.39, 0.29) is 5.82 Å². The van der Waals surface area contributed by atoms with Crippen LogP contribution in [0.3, 0.4) is 0 Å². The summed E-state index contributed by atoms with van der Waals surface area (Å²) in [6.45, 7) is 0. The average Bonchev–Trinajstić information content (AvgIpc) is 2.55. The number of rotatable bonds is 1. The van der Waals surface area contributed by atoms with Crippen molar-refractivity contribution in [2.75, 3.05) is 0 Å². The molecular formula is C14H14ClFN2. The molecule has 0 radical (unpaired) electrons. The SMILES string of the molecule is Fc1cccc(-n2nc3c(c2Cl)CCCCC3)c1. The molecule has 3 rings (SSSR count). The first kappa shape index (κ1) is 11.7. The average molecular weight is 265 g/mol. The number of benzene rings is 1. The van der Waals surface area contributed by atoms with Gasteiger partial charge >= 0.3 is 0 Å². The Balaban J connectivity index is 2.08.